The molecule has 8 nitrogen and oxygen atoms in total. The molecule has 4 heterocycles. The number of aromatic nitrogens is 2. The summed E-state index contributed by atoms with van der Waals surface area (Å²) < 4.78 is 18.8. The summed E-state index contributed by atoms with van der Waals surface area (Å²) in [6, 6.07) is 6.08. The summed E-state index contributed by atoms with van der Waals surface area (Å²) in [5.41, 5.74) is 2.99. The van der Waals surface area contributed by atoms with Gasteiger partial charge in [-0.15, -0.1) is 0 Å². The second-order valence-electron chi connectivity index (χ2n) is 7.62. The summed E-state index contributed by atoms with van der Waals surface area (Å²) in [5.74, 6) is -0.434. The summed E-state index contributed by atoms with van der Waals surface area (Å²) in [6.07, 6.45) is 2.01. The highest BCUT2D eigenvalue weighted by atomic mass is 16.7. The van der Waals surface area contributed by atoms with Gasteiger partial charge in [-0.2, -0.15) is 0 Å². The Kier molecular flexibility index (Phi) is 4.48. The summed E-state index contributed by atoms with van der Waals surface area (Å²) in [4.78, 5) is 19.5. The van der Waals surface area contributed by atoms with Gasteiger partial charge < -0.3 is 28.8 Å². The van der Waals surface area contributed by atoms with Crippen LogP contribution >= 0.6 is 0 Å². The number of imidazole rings is 1. The number of aliphatic hydroxyl groups excluding tert-OH is 1. The van der Waals surface area contributed by atoms with Crippen molar-refractivity contribution in [3.8, 4) is 0 Å². The molecule has 0 bridgehead atoms. The molecule has 154 valence electrons. The molecule has 3 aliphatic heterocycles. The molecule has 29 heavy (non-hydrogen) atoms. The number of fused-ring (bicyclic) bond motifs is 3. The number of allylic oxidation sites excluding steroid dienone is 1. The first-order chi connectivity index (χ1) is 14.1. The van der Waals surface area contributed by atoms with Crippen LogP contribution in [-0.2, 0) is 25.5 Å². The number of benzene rings is 1. The third kappa shape index (κ3) is 2.98. The van der Waals surface area contributed by atoms with Crippen LogP contribution in [0.3, 0.4) is 0 Å². The first-order valence-electron chi connectivity index (χ1n) is 10.2. The number of rotatable bonds is 3. The van der Waals surface area contributed by atoms with E-state index < -0.39 is 11.8 Å². The van der Waals surface area contributed by atoms with E-state index in [1.165, 1.54) is 0 Å². The van der Waals surface area contributed by atoms with Crippen LogP contribution in [0.1, 0.15) is 32.0 Å². The number of carbonyl (C=O) groups excluding carboxylic acids is 1. The summed E-state index contributed by atoms with van der Waals surface area (Å²) >= 11 is 0. The standard InChI is InChI=1S/C21H25N3O5/c1-2-27-20(26)17-16(25)6-9-24-15-5-3-4-14(18(15)22-19(17)24)23-10-7-21(8-11-23)28-12-13-29-21/h3-5,25H,2,6-13H2,1H3. The molecule has 1 aromatic heterocycles. The number of piperidine rings is 1. The molecule has 0 amide bonds. The molecular formula is C21H25N3O5. The van der Waals surface area contributed by atoms with Gasteiger partial charge in [0.1, 0.15) is 16.8 Å². The molecule has 0 radical (unpaired) electrons. The molecule has 0 aliphatic carbocycles. The quantitative estimate of drug-likeness (QED) is 0.794. The van der Waals surface area contributed by atoms with Gasteiger partial charge in [0.15, 0.2) is 11.6 Å². The van der Waals surface area contributed by atoms with Crippen LogP contribution in [0.15, 0.2) is 24.0 Å². The molecule has 1 spiro atoms. The molecule has 0 atom stereocenters. The van der Waals surface area contributed by atoms with E-state index in [0.29, 0.717) is 32.0 Å². The summed E-state index contributed by atoms with van der Waals surface area (Å²) in [6.45, 7) is 5.53. The van der Waals surface area contributed by atoms with E-state index in [1.807, 2.05) is 16.7 Å². The first-order valence-corrected chi connectivity index (χ1v) is 10.2. The Bertz CT molecular complexity index is 980. The zero-order valence-electron chi connectivity index (χ0n) is 16.5. The van der Waals surface area contributed by atoms with E-state index in [1.54, 1.807) is 6.92 Å². The molecule has 0 unspecified atom stereocenters. The molecule has 8 heteroatoms. The first kappa shape index (κ1) is 18.4. The third-order valence-corrected chi connectivity index (χ3v) is 6.00. The molecule has 5 rings (SSSR count). The fourth-order valence-corrected chi connectivity index (χ4v) is 4.56. The average molecular weight is 399 g/mol. The molecule has 2 aromatic rings. The number of ether oxygens (including phenoxy) is 3. The van der Waals surface area contributed by atoms with Gasteiger partial charge in [0.25, 0.3) is 0 Å². The molecule has 0 saturated carbocycles. The lowest BCUT2D eigenvalue weighted by Crippen LogP contribution is -2.45. The molecule has 2 fully saturated rings. The highest BCUT2D eigenvalue weighted by Crippen LogP contribution is 2.37. The number of carbonyl (C=O) groups is 1. The van der Waals surface area contributed by atoms with E-state index in [2.05, 4.69) is 11.0 Å². The fourth-order valence-electron chi connectivity index (χ4n) is 4.56. The summed E-state index contributed by atoms with van der Waals surface area (Å²) in [5, 5.41) is 10.4. The van der Waals surface area contributed by atoms with Crippen molar-refractivity contribution in [2.75, 3.05) is 37.8 Å². The Morgan fingerprint density at radius 1 is 1.24 bits per heavy atom. The van der Waals surface area contributed by atoms with E-state index in [9.17, 15) is 9.90 Å². The SMILES string of the molecule is CCOC(=O)C1=C(O)CCn2c1nc1c(N3CCC4(CC3)OCCO4)cccc12. The van der Waals surface area contributed by atoms with Gasteiger partial charge in [0.05, 0.1) is 31.0 Å². The Balaban J connectivity index is 1.52. The summed E-state index contributed by atoms with van der Waals surface area (Å²) in [7, 11) is 0. The van der Waals surface area contributed by atoms with Gasteiger partial charge in [-0.25, -0.2) is 9.78 Å². The van der Waals surface area contributed by atoms with Crippen molar-refractivity contribution in [1.82, 2.24) is 9.55 Å². The predicted octanol–water partition coefficient (Wildman–Crippen LogP) is 2.62. The van der Waals surface area contributed by atoms with Crippen molar-refractivity contribution >= 4 is 28.3 Å². The average Bonchev–Trinajstić information content (AvgIpc) is 3.33. The van der Waals surface area contributed by atoms with Crippen LogP contribution in [0, 0.1) is 0 Å². The van der Waals surface area contributed by atoms with E-state index in [0.717, 1.165) is 42.7 Å². The van der Waals surface area contributed by atoms with Crippen molar-refractivity contribution in [2.24, 2.45) is 0 Å². The Morgan fingerprint density at radius 3 is 2.72 bits per heavy atom. The van der Waals surface area contributed by atoms with E-state index >= 15 is 0 Å². The number of aryl methyl sites for hydroxylation is 1. The van der Waals surface area contributed by atoms with Crippen molar-refractivity contribution < 1.29 is 24.1 Å². The number of nitrogens with zero attached hydrogens (tertiary/aromatic N) is 3. The number of anilines is 1. The zero-order chi connectivity index (χ0) is 20.0. The fraction of sp³-hybridized carbons (Fsp3) is 0.524. The zero-order valence-corrected chi connectivity index (χ0v) is 16.5. The maximum atomic E-state index is 12.4. The van der Waals surface area contributed by atoms with Gasteiger partial charge >= 0.3 is 5.97 Å². The lowest BCUT2D eigenvalue weighted by Gasteiger charge is -2.38. The molecule has 1 aromatic carbocycles. The van der Waals surface area contributed by atoms with Gasteiger partial charge in [-0.1, -0.05) is 6.07 Å². The highest BCUT2D eigenvalue weighted by molar-refractivity contribution is 6.17. The molecule has 2 saturated heterocycles. The minimum absolute atomic E-state index is 0.0447. The van der Waals surface area contributed by atoms with E-state index in [-0.39, 0.29) is 17.9 Å². The van der Waals surface area contributed by atoms with Gasteiger partial charge in [0, 0.05) is 38.9 Å². The van der Waals surface area contributed by atoms with Crippen LogP contribution in [0.2, 0.25) is 0 Å². The Morgan fingerprint density at radius 2 is 2.00 bits per heavy atom. The van der Waals surface area contributed by atoms with Crippen molar-refractivity contribution in [3.63, 3.8) is 0 Å². The predicted molar refractivity (Wildman–Crippen MR) is 107 cm³/mol. The van der Waals surface area contributed by atoms with Crippen LogP contribution in [0.5, 0.6) is 0 Å². The monoisotopic (exact) mass is 399 g/mol. The van der Waals surface area contributed by atoms with E-state index in [4.69, 9.17) is 19.2 Å². The largest absolute Gasteiger partial charge is 0.511 e. The molecular weight excluding hydrogens is 374 g/mol. The minimum atomic E-state index is -0.529. The maximum absolute atomic E-state index is 12.4. The molecule has 1 N–H and O–H groups in total. The second kappa shape index (κ2) is 7.03. The van der Waals surface area contributed by atoms with Gasteiger partial charge in [-0.3, -0.25) is 0 Å². The lowest BCUT2D eigenvalue weighted by molar-refractivity contribution is -0.169. The van der Waals surface area contributed by atoms with Crippen LogP contribution in [0.4, 0.5) is 5.69 Å². The normalized spacial score (nSPS) is 21.1. The Labute approximate surface area is 168 Å². The van der Waals surface area contributed by atoms with Crippen LogP contribution in [-0.4, -0.2) is 59.3 Å². The van der Waals surface area contributed by atoms with Crippen LogP contribution in [0.25, 0.3) is 16.6 Å². The number of para-hydroxylation sites is 1. The van der Waals surface area contributed by atoms with Gasteiger partial charge in [-0.05, 0) is 19.1 Å². The molecule has 3 aliphatic rings. The second-order valence-corrected chi connectivity index (χ2v) is 7.62. The number of hydrogen-bond donors (Lipinski definition) is 1. The number of esters is 1. The Hall–Kier alpha value is -2.58. The lowest BCUT2D eigenvalue weighted by atomic mass is 10.0. The third-order valence-electron chi connectivity index (χ3n) is 6.00. The number of aliphatic hydroxyl groups is 1. The van der Waals surface area contributed by atoms with Gasteiger partial charge in [0.2, 0.25) is 0 Å². The smallest absolute Gasteiger partial charge is 0.345 e. The highest BCUT2D eigenvalue weighted by Gasteiger charge is 2.40. The van der Waals surface area contributed by atoms with Crippen molar-refractivity contribution in [2.45, 2.75) is 38.5 Å². The maximum Gasteiger partial charge on any atom is 0.345 e. The van der Waals surface area contributed by atoms with Crippen molar-refractivity contribution in [3.05, 3.63) is 29.8 Å². The minimum Gasteiger partial charge on any atom is -0.511 e. The van der Waals surface area contributed by atoms with Crippen LogP contribution < -0.4 is 4.90 Å². The number of hydrogen-bond acceptors (Lipinski definition) is 7. The van der Waals surface area contributed by atoms with Crippen molar-refractivity contribution in [1.29, 1.82) is 0 Å². The topological polar surface area (TPSA) is 86.0 Å².